The number of fused-ring (bicyclic) bond motifs is 7. The molecular weight excluding hydrogens is 707 g/mol. The van der Waals surface area contributed by atoms with E-state index in [1.54, 1.807) is 0 Å². The molecule has 264 valence electrons. The number of benzene rings is 7. The quantitative estimate of drug-likeness (QED) is 0.162. The Morgan fingerprint density at radius 3 is 2.04 bits per heavy atom. The van der Waals surface area contributed by atoms with Gasteiger partial charge in [0.2, 0.25) is 0 Å². The van der Waals surface area contributed by atoms with E-state index in [1.165, 1.54) is 66.9 Å². The van der Waals surface area contributed by atoms with Gasteiger partial charge in [-0.1, -0.05) is 152 Å². The van der Waals surface area contributed by atoms with E-state index in [0.29, 0.717) is 5.57 Å². The minimum Gasteiger partial charge on any atom is -0.206 e. The number of hydrogen-bond acceptors (Lipinski definition) is 1. The predicted molar refractivity (Wildman–Crippen MR) is 227 cm³/mol. The third-order valence-corrected chi connectivity index (χ3v) is 13.2. The Hall–Kier alpha value is -6.47. The Kier molecular flexibility index (Phi) is 7.69. The van der Waals surface area contributed by atoms with Gasteiger partial charge in [0, 0.05) is 27.6 Å². The first kappa shape index (κ1) is 32.9. The molecule has 8 aromatic carbocycles. The lowest BCUT2D eigenvalue weighted by atomic mass is 9.80. The molecule has 1 aliphatic heterocycles. The fourth-order valence-corrected chi connectivity index (χ4v) is 10.9. The van der Waals surface area contributed by atoms with Crippen molar-refractivity contribution >= 4 is 50.5 Å². The Labute approximate surface area is 328 Å². The van der Waals surface area contributed by atoms with Crippen LogP contribution >= 0.6 is 11.8 Å². The monoisotopic (exact) mass is 738 g/mol. The number of allylic oxidation sites excluding steroid dienone is 3. The molecule has 1 heterocycles. The fourth-order valence-electron chi connectivity index (χ4n) is 9.37. The SMILES string of the molecule is Fc1cccc(F)c1C1=c2ccccc2=CC(c2ccc3c(c2)SC2C(c4c5ccccc5c(-c5cc#ccc5)c5ccccc45)=CC=CC32)c2ccccc21. The highest BCUT2D eigenvalue weighted by Gasteiger charge is 2.38. The minimum atomic E-state index is -0.566. The normalized spacial score (nSPS) is 17.9. The van der Waals surface area contributed by atoms with Crippen molar-refractivity contribution in [2.24, 2.45) is 0 Å². The third kappa shape index (κ3) is 5.07. The molecular formula is C53H32F2S. The Bertz CT molecular complexity index is 3020. The first-order valence-corrected chi connectivity index (χ1v) is 19.9. The van der Waals surface area contributed by atoms with E-state index >= 15 is 8.78 Å². The van der Waals surface area contributed by atoms with Crippen LogP contribution in [0.2, 0.25) is 0 Å². The second kappa shape index (κ2) is 13.1. The molecule has 0 fully saturated rings. The van der Waals surface area contributed by atoms with E-state index in [2.05, 4.69) is 121 Å². The lowest BCUT2D eigenvalue weighted by Crippen LogP contribution is -2.27. The first-order valence-electron chi connectivity index (χ1n) is 19.0. The van der Waals surface area contributed by atoms with Gasteiger partial charge in [-0.2, -0.15) is 0 Å². The lowest BCUT2D eigenvalue weighted by Gasteiger charge is -2.26. The molecule has 0 aromatic heterocycles. The molecule has 0 nitrogen and oxygen atoms in total. The van der Waals surface area contributed by atoms with Crippen LogP contribution < -0.4 is 10.4 Å². The lowest BCUT2D eigenvalue weighted by molar-refractivity contribution is 0.577. The summed E-state index contributed by atoms with van der Waals surface area (Å²) in [6.07, 6.45) is 9.19. The molecule has 0 radical (unpaired) electrons. The van der Waals surface area contributed by atoms with Crippen molar-refractivity contribution in [1.82, 2.24) is 0 Å². The van der Waals surface area contributed by atoms with Crippen LogP contribution in [0.5, 0.6) is 0 Å². The van der Waals surface area contributed by atoms with Crippen LogP contribution in [0.25, 0.3) is 49.9 Å². The summed E-state index contributed by atoms with van der Waals surface area (Å²) in [7, 11) is 0. The highest BCUT2D eigenvalue weighted by Crippen LogP contribution is 2.55. The number of halogens is 2. The van der Waals surface area contributed by atoms with Crippen LogP contribution in [0.15, 0.2) is 175 Å². The molecule has 0 N–H and O–H groups in total. The Balaban J connectivity index is 1.04. The van der Waals surface area contributed by atoms with Crippen LogP contribution in [-0.2, 0) is 0 Å². The first-order chi connectivity index (χ1) is 27.6. The Morgan fingerprint density at radius 2 is 1.29 bits per heavy atom. The molecule has 3 unspecified atom stereocenters. The predicted octanol–water partition coefficient (Wildman–Crippen LogP) is 11.9. The van der Waals surface area contributed by atoms with E-state index in [0.717, 1.165) is 32.7 Å². The van der Waals surface area contributed by atoms with Crippen molar-refractivity contribution in [1.29, 1.82) is 0 Å². The largest absolute Gasteiger partial charge is 0.206 e. The zero-order valence-corrected chi connectivity index (χ0v) is 31.0. The maximum atomic E-state index is 15.6. The molecule has 8 aromatic rings. The Morgan fingerprint density at radius 1 is 0.589 bits per heavy atom. The summed E-state index contributed by atoms with van der Waals surface area (Å²) in [6, 6.07) is 57.1. The minimum absolute atomic E-state index is 0.00910. The van der Waals surface area contributed by atoms with Gasteiger partial charge in [0.05, 0.1) is 5.56 Å². The van der Waals surface area contributed by atoms with Gasteiger partial charge < -0.3 is 0 Å². The van der Waals surface area contributed by atoms with Crippen molar-refractivity contribution in [3.05, 3.63) is 237 Å². The van der Waals surface area contributed by atoms with Gasteiger partial charge in [-0.3, -0.25) is 0 Å². The molecule has 0 bridgehead atoms. The molecule has 2 aliphatic carbocycles. The van der Waals surface area contributed by atoms with Crippen molar-refractivity contribution in [2.45, 2.75) is 22.0 Å². The zero-order chi connectivity index (χ0) is 37.3. The van der Waals surface area contributed by atoms with Crippen LogP contribution in [0.1, 0.15) is 45.2 Å². The van der Waals surface area contributed by atoms with Gasteiger partial charge >= 0.3 is 0 Å². The van der Waals surface area contributed by atoms with Crippen LogP contribution in [0, 0.1) is 23.8 Å². The van der Waals surface area contributed by atoms with Crippen molar-refractivity contribution < 1.29 is 8.78 Å². The molecule has 3 aliphatic rings. The van der Waals surface area contributed by atoms with Gasteiger partial charge in [0.1, 0.15) is 11.6 Å². The average Bonchev–Trinajstić information content (AvgIpc) is 3.55. The van der Waals surface area contributed by atoms with Crippen LogP contribution in [0.4, 0.5) is 8.78 Å². The summed E-state index contributed by atoms with van der Waals surface area (Å²) in [6.45, 7) is 0. The molecule has 11 rings (SSSR count). The second-order valence-corrected chi connectivity index (χ2v) is 15.9. The van der Waals surface area contributed by atoms with Gasteiger partial charge in [0.15, 0.2) is 0 Å². The molecule has 3 heteroatoms. The summed E-state index contributed by atoms with van der Waals surface area (Å²) in [5.41, 5.74) is 9.92. The summed E-state index contributed by atoms with van der Waals surface area (Å²) in [5.74, 6) is -1.05. The van der Waals surface area contributed by atoms with Crippen molar-refractivity contribution in [2.75, 3.05) is 0 Å². The van der Waals surface area contributed by atoms with Gasteiger partial charge in [-0.05, 0) is 113 Å². The summed E-state index contributed by atoms with van der Waals surface area (Å²) < 4.78 is 31.2. The van der Waals surface area contributed by atoms with E-state index in [9.17, 15) is 0 Å². The zero-order valence-electron chi connectivity index (χ0n) is 30.1. The second-order valence-electron chi connectivity index (χ2n) is 14.7. The summed E-state index contributed by atoms with van der Waals surface area (Å²) in [4.78, 5) is 1.27. The maximum absolute atomic E-state index is 15.6. The highest BCUT2D eigenvalue weighted by molar-refractivity contribution is 8.00. The van der Waals surface area contributed by atoms with Gasteiger partial charge in [-0.25, -0.2) is 8.78 Å². The molecule has 0 amide bonds. The standard InChI is InChI=1S/C53H32F2S/c54-46-26-13-27-47(55)52(46)51-35-17-5-4-16-33(35)30-45(36-18-6-7-19-38(36)51)34-28-29-37-43-24-12-25-44(53(43)56-48(37)31-34)50-41-22-10-8-20-39(41)49(32-14-2-1-3-15-32)40-21-9-11-23-42(40)50/h2,4-31,43,45,53H. The third-order valence-electron chi connectivity index (χ3n) is 11.8. The number of thioether (sulfide) groups is 1. The van der Waals surface area contributed by atoms with Crippen molar-refractivity contribution in [3.63, 3.8) is 0 Å². The molecule has 0 saturated carbocycles. The topological polar surface area (TPSA) is 0 Å². The fraction of sp³-hybridized carbons (Fsp3) is 0.0566. The van der Waals surface area contributed by atoms with E-state index in [-0.39, 0.29) is 22.6 Å². The number of hydrogen-bond donors (Lipinski definition) is 0. The van der Waals surface area contributed by atoms with E-state index in [4.69, 9.17) is 0 Å². The van der Waals surface area contributed by atoms with Gasteiger partial charge in [0.25, 0.3) is 0 Å². The van der Waals surface area contributed by atoms with E-state index in [1.807, 2.05) is 60.3 Å². The molecule has 0 spiro atoms. The maximum Gasteiger partial charge on any atom is 0.134 e. The summed E-state index contributed by atoms with van der Waals surface area (Å²) >= 11 is 1.95. The van der Waals surface area contributed by atoms with E-state index < -0.39 is 11.6 Å². The summed E-state index contributed by atoms with van der Waals surface area (Å²) in [5, 5.41) is 6.91. The average molecular weight is 739 g/mol. The highest BCUT2D eigenvalue weighted by atomic mass is 32.2. The molecule has 3 atom stereocenters. The van der Waals surface area contributed by atoms with Crippen LogP contribution in [-0.4, -0.2) is 5.25 Å². The van der Waals surface area contributed by atoms with Crippen molar-refractivity contribution in [3.8, 4) is 11.1 Å². The smallest absolute Gasteiger partial charge is 0.134 e. The van der Waals surface area contributed by atoms with Gasteiger partial charge in [-0.15, -0.1) is 11.8 Å². The van der Waals surface area contributed by atoms with Crippen LogP contribution in [0.3, 0.4) is 0 Å². The molecule has 56 heavy (non-hydrogen) atoms. The molecule has 0 saturated heterocycles. The number of rotatable bonds is 4.